The summed E-state index contributed by atoms with van der Waals surface area (Å²) < 4.78 is 79.9. The normalized spacial score (nSPS) is 12.9. The maximum absolute atomic E-state index is 13.1. The maximum Gasteiger partial charge on any atom is 0.430 e. The van der Waals surface area contributed by atoms with E-state index in [1.807, 2.05) is 19.1 Å². The van der Waals surface area contributed by atoms with Gasteiger partial charge in [0.2, 0.25) is 0 Å². The van der Waals surface area contributed by atoms with E-state index in [4.69, 9.17) is 0 Å². The lowest BCUT2D eigenvalue weighted by molar-refractivity contribution is -0.376. The zero-order valence-corrected chi connectivity index (χ0v) is 17.5. The minimum atomic E-state index is -5.97. The number of nitrogens with zero attached hydrogens (tertiary/aromatic N) is 2. The number of hydrogen-bond donors (Lipinski definition) is 2. The van der Waals surface area contributed by atoms with Crippen molar-refractivity contribution in [3.05, 3.63) is 87.8 Å². The average Bonchev–Trinajstić information content (AvgIpc) is 3.20. The fourth-order valence-corrected chi connectivity index (χ4v) is 3.73. The van der Waals surface area contributed by atoms with Crippen molar-refractivity contribution in [2.24, 2.45) is 0 Å². The lowest BCUT2D eigenvalue weighted by Crippen LogP contribution is -2.53. The zero-order chi connectivity index (χ0) is 24.9. The largest absolute Gasteiger partial charge is 0.430 e. The number of aromatic amines is 1. The van der Waals surface area contributed by atoms with E-state index in [-0.39, 0.29) is 12.1 Å². The third-order valence-electron chi connectivity index (χ3n) is 5.54. The number of benzene rings is 2. The molecule has 0 saturated heterocycles. The molecule has 0 atom stereocenters. The fourth-order valence-electron chi connectivity index (χ4n) is 3.73. The molecule has 2 heterocycles. The highest BCUT2D eigenvalue weighted by atomic mass is 19.4. The number of halogens is 6. The Bertz CT molecular complexity index is 1390. The molecule has 0 spiro atoms. The van der Waals surface area contributed by atoms with Crippen LogP contribution < -0.4 is 5.56 Å². The van der Waals surface area contributed by atoms with E-state index in [0.717, 1.165) is 29.1 Å². The Hall–Kier alpha value is -3.60. The maximum atomic E-state index is 13.1. The standard InChI is InChI=1S/C23H17F6N3O2/c1-13-10-18(31-30-13)15-4-8-19-16(11-15)5-9-20(33)32(19)12-14-2-6-17(7-3-14)21(34,22(24,25)26)23(27,28)29/h2-11,34H,12H2,1H3,(H,30,31). The molecule has 2 aromatic carbocycles. The van der Waals surface area contributed by atoms with Gasteiger partial charge in [0.1, 0.15) is 0 Å². The number of aryl methyl sites for hydroxylation is 1. The highest BCUT2D eigenvalue weighted by molar-refractivity contribution is 5.84. The number of aliphatic hydroxyl groups is 1. The van der Waals surface area contributed by atoms with Gasteiger partial charge in [-0.2, -0.15) is 31.4 Å². The van der Waals surface area contributed by atoms with Gasteiger partial charge in [-0.05, 0) is 42.1 Å². The predicted octanol–water partition coefficient (Wildman–Crippen LogP) is 5.06. The Labute approximate surface area is 188 Å². The van der Waals surface area contributed by atoms with Gasteiger partial charge in [0.15, 0.2) is 0 Å². The Balaban J connectivity index is 1.70. The molecule has 0 saturated carbocycles. The summed E-state index contributed by atoms with van der Waals surface area (Å²) in [5.41, 5.74) is -3.57. The van der Waals surface area contributed by atoms with Crippen LogP contribution in [0.1, 0.15) is 16.8 Å². The lowest BCUT2D eigenvalue weighted by atomic mass is 9.91. The molecule has 0 radical (unpaired) electrons. The SMILES string of the molecule is Cc1cc(-c2ccc3c(ccc(=O)n3Cc3ccc(C(O)(C(F)(F)F)C(F)(F)F)cc3)c2)[nH]n1. The second-order valence-corrected chi connectivity index (χ2v) is 7.86. The highest BCUT2D eigenvalue weighted by Gasteiger charge is 2.71. The molecule has 2 aromatic heterocycles. The first-order chi connectivity index (χ1) is 15.8. The van der Waals surface area contributed by atoms with Gasteiger partial charge in [0, 0.05) is 17.2 Å². The van der Waals surface area contributed by atoms with Gasteiger partial charge >= 0.3 is 12.4 Å². The molecule has 178 valence electrons. The Morgan fingerprint density at radius 3 is 2.12 bits per heavy atom. The van der Waals surface area contributed by atoms with Crippen molar-refractivity contribution in [3.8, 4) is 11.3 Å². The Morgan fingerprint density at radius 2 is 1.56 bits per heavy atom. The molecule has 34 heavy (non-hydrogen) atoms. The van der Waals surface area contributed by atoms with Crippen LogP contribution in [0.15, 0.2) is 65.5 Å². The van der Waals surface area contributed by atoms with Crippen LogP contribution in [0.5, 0.6) is 0 Å². The third kappa shape index (κ3) is 3.96. The second kappa shape index (κ2) is 8.01. The van der Waals surface area contributed by atoms with E-state index in [1.165, 1.54) is 10.6 Å². The van der Waals surface area contributed by atoms with Crippen LogP contribution in [-0.4, -0.2) is 32.2 Å². The Kier molecular flexibility index (Phi) is 5.55. The van der Waals surface area contributed by atoms with Crippen molar-refractivity contribution in [2.45, 2.75) is 31.4 Å². The number of aromatic nitrogens is 3. The molecule has 0 unspecified atom stereocenters. The molecule has 2 N–H and O–H groups in total. The summed E-state index contributed by atoms with van der Waals surface area (Å²) in [4.78, 5) is 12.5. The summed E-state index contributed by atoms with van der Waals surface area (Å²) in [6.45, 7) is 1.73. The molecule has 0 amide bonds. The molecule has 0 aliphatic heterocycles. The molecule has 0 fully saturated rings. The first-order valence-corrected chi connectivity index (χ1v) is 9.92. The van der Waals surface area contributed by atoms with Crippen LogP contribution in [0.25, 0.3) is 22.2 Å². The quantitative estimate of drug-likeness (QED) is 0.401. The molecule has 0 aliphatic rings. The van der Waals surface area contributed by atoms with Gasteiger partial charge in [-0.3, -0.25) is 9.89 Å². The van der Waals surface area contributed by atoms with E-state index in [9.17, 15) is 36.2 Å². The number of fused-ring (bicyclic) bond motifs is 1. The van der Waals surface area contributed by atoms with E-state index < -0.39 is 29.1 Å². The number of alkyl halides is 6. The summed E-state index contributed by atoms with van der Waals surface area (Å²) in [5, 5.41) is 17.2. The topological polar surface area (TPSA) is 70.9 Å². The van der Waals surface area contributed by atoms with Gasteiger partial charge in [-0.15, -0.1) is 0 Å². The van der Waals surface area contributed by atoms with E-state index in [2.05, 4.69) is 10.2 Å². The van der Waals surface area contributed by atoms with Crippen LogP contribution in [0.4, 0.5) is 26.3 Å². The Morgan fingerprint density at radius 1 is 0.912 bits per heavy atom. The summed E-state index contributed by atoms with van der Waals surface area (Å²) in [6.07, 6.45) is -11.9. The number of nitrogens with one attached hydrogen (secondary N) is 1. The van der Waals surface area contributed by atoms with E-state index >= 15 is 0 Å². The van der Waals surface area contributed by atoms with Gasteiger partial charge in [0.05, 0.1) is 23.4 Å². The summed E-state index contributed by atoms with van der Waals surface area (Å²) in [7, 11) is 0. The smallest absolute Gasteiger partial charge is 0.369 e. The minimum absolute atomic E-state index is 0.102. The van der Waals surface area contributed by atoms with Crippen molar-refractivity contribution >= 4 is 10.9 Å². The van der Waals surface area contributed by atoms with Gasteiger partial charge < -0.3 is 9.67 Å². The molecule has 0 aliphatic carbocycles. The van der Waals surface area contributed by atoms with Crippen molar-refractivity contribution in [3.63, 3.8) is 0 Å². The third-order valence-corrected chi connectivity index (χ3v) is 5.54. The summed E-state index contributed by atoms with van der Waals surface area (Å²) >= 11 is 0. The van der Waals surface area contributed by atoms with Gasteiger partial charge in [-0.25, -0.2) is 0 Å². The molecular formula is C23H17F6N3O2. The highest BCUT2D eigenvalue weighted by Crippen LogP contribution is 2.49. The predicted molar refractivity (Wildman–Crippen MR) is 112 cm³/mol. The number of pyridine rings is 1. The molecule has 4 rings (SSSR count). The van der Waals surface area contributed by atoms with E-state index in [0.29, 0.717) is 23.0 Å². The fraction of sp³-hybridized carbons (Fsp3) is 0.217. The number of H-pyrrole nitrogens is 1. The van der Waals surface area contributed by atoms with Crippen LogP contribution in [0.3, 0.4) is 0 Å². The van der Waals surface area contributed by atoms with Gasteiger partial charge in [0.25, 0.3) is 11.2 Å². The summed E-state index contributed by atoms with van der Waals surface area (Å²) in [6, 6.07) is 13.2. The van der Waals surface area contributed by atoms with Crippen molar-refractivity contribution < 1.29 is 31.4 Å². The van der Waals surface area contributed by atoms with Crippen molar-refractivity contribution in [2.75, 3.05) is 0 Å². The molecule has 11 heteroatoms. The lowest BCUT2D eigenvalue weighted by Gasteiger charge is -2.32. The van der Waals surface area contributed by atoms with Crippen molar-refractivity contribution in [1.82, 2.24) is 14.8 Å². The van der Waals surface area contributed by atoms with Crippen LogP contribution in [0, 0.1) is 6.92 Å². The monoisotopic (exact) mass is 481 g/mol. The van der Waals surface area contributed by atoms with Crippen molar-refractivity contribution in [1.29, 1.82) is 0 Å². The second-order valence-electron chi connectivity index (χ2n) is 7.86. The van der Waals surface area contributed by atoms with Gasteiger partial charge in [-0.1, -0.05) is 30.3 Å². The zero-order valence-electron chi connectivity index (χ0n) is 17.5. The molecular weight excluding hydrogens is 464 g/mol. The first-order valence-electron chi connectivity index (χ1n) is 9.92. The molecule has 5 nitrogen and oxygen atoms in total. The van der Waals surface area contributed by atoms with E-state index in [1.54, 1.807) is 18.2 Å². The number of hydrogen-bond acceptors (Lipinski definition) is 3. The molecule has 4 aromatic rings. The first kappa shape index (κ1) is 23.6. The minimum Gasteiger partial charge on any atom is -0.369 e. The van der Waals surface area contributed by atoms with Crippen LogP contribution >= 0.6 is 0 Å². The summed E-state index contributed by atoms with van der Waals surface area (Å²) in [5.74, 6) is 0. The molecule has 0 bridgehead atoms. The number of rotatable bonds is 4. The van der Waals surface area contributed by atoms with Crippen LogP contribution in [0.2, 0.25) is 0 Å². The average molecular weight is 481 g/mol. The van der Waals surface area contributed by atoms with Crippen LogP contribution in [-0.2, 0) is 12.1 Å².